The molecular formula is C22H24N2O5. The molecule has 0 radical (unpaired) electrons. The molecule has 0 fully saturated rings. The lowest BCUT2D eigenvalue weighted by atomic mass is 10.0. The molecule has 2 aromatic rings. The molecule has 0 aliphatic rings. The lowest BCUT2D eigenvalue weighted by molar-refractivity contribution is -0.142. The first kappa shape index (κ1) is 21.7. The average Bonchev–Trinajstić information content (AvgIpc) is 2.71. The second kappa shape index (κ2) is 10.1. The fourth-order valence-corrected chi connectivity index (χ4v) is 2.54. The van der Waals surface area contributed by atoms with E-state index >= 15 is 0 Å². The van der Waals surface area contributed by atoms with Crippen molar-refractivity contribution in [2.45, 2.75) is 19.9 Å². The van der Waals surface area contributed by atoms with Gasteiger partial charge in [0.1, 0.15) is 17.5 Å². The summed E-state index contributed by atoms with van der Waals surface area (Å²) in [6.07, 6.45) is 1.50. The van der Waals surface area contributed by atoms with Gasteiger partial charge in [0.05, 0.1) is 7.11 Å². The Morgan fingerprint density at radius 3 is 2.14 bits per heavy atom. The number of carbonyl (C=O) groups is 3. The molecule has 0 saturated heterocycles. The van der Waals surface area contributed by atoms with Crippen LogP contribution in [0.15, 0.2) is 60.3 Å². The van der Waals surface area contributed by atoms with Crippen molar-refractivity contribution in [3.63, 3.8) is 0 Å². The van der Waals surface area contributed by atoms with Crippen molar-refractivity contribution in [2.75, 3.05) is 7.11 Å². The topological polar surface area (TPSA) is 105 Å². The van der Waals surface area contributed by atoms with Crippen molar-refractivity contribution >= 4 is 23.9 Å². The van der Waals surface area contributed by atoms with E-state index in [1.807, 2.05) is 6.07 Å². The zero-order valence-corrected chi connectivity index (χ0v) is 16.5. The summed E-state index contributed by atoms with van der Waals surface area (Å²) >= 11 is 0. The van der Waals surface area contributed by atoms with Crippen molar-refractivity contribution in [3.8, 4) is 5.75 Å². The van der Waals surface area contributed by atoms with Crippen molar-refractivity contribution in [2.24, 2.45) is 5.92 Å². The van der Waals surface area contributed by atoms with Crippen LogP contribution in [0, 0.1) is 5.92 Å². The number of carboxylic acid groups (broad SMARTS) is 1. The lowest BCUT2D eigenvalue weighted by Crippen LogP contribution is -2.47. The molecule has 2 aromatic carbocycles. The summed E-state index contributed by atoms with van der Waals surface area (Å²) in [4.78, 5) is 36.8. The van der Waals surface area contributed by atoms with Gasteiger partial charge in [-0.15, -0.1) is 0 Å². The van der Waals surface area contributed by atoms with Gasteiger partial charge < -0.3 is 20.5 Å². The van der Waals surface area contributed by atoms with E-state index < -0.39 is 23.8 Å². The molecule has 0 saturated carbocycles. The third-order valence-electron chi connectivity index (χ3n) is 4.17. The molecule has 1 atom stereocenters. The molecule has 2 rings (SSSR count). The van der Waals surface area contributed by atoms with E-state index in [0.29, 0.717) is 16.9 Å². The molecule has 0 aliphatic heterocycles. The predicted octanol–water partition coefficient (Wildman–Crippen LogP) is 2.69. The minimum Gasteiger partial charge on any atom is -0.497 e. The Morgan fingerprint density at radius 2 is 1.62 bits per heavy atom. The number of benzene rings is 2. The largest absolute Gasteiger partial charge is 0.497 e. The van der Waals surface area contributed by atoms with Crippen molar-refractivity contribution in [1.82, 2.24) is 10.6 Å². The van der Waals surface area contributed by atoms with Gasteiger partial charge in [0.15, 0.2) is 0 Å². The molecule has 0 aromatic heterocycles. The molecule has 7 nitrogen and oxygen atoms in total. The zero-order valence-electron chi connectivity index (χ0n) is 16.5. The average molecular weight is 396 g/mol. The first-order chi connectivity index (χ1) is 13.8. The maximum Gasteiger partial charge on any atom is 0.326 e. The van der Waals surface area contributed by atoms with Gasteiger partial charge in [-0.25, -0.2) is 4.79 Å². The van der Waals surface area contributed by atoms with Crippen LogP contribution in [0.25, 0.3) is 6.08 Å². The predicted molar refractivity (Wildman–Crippen MR) is 109 cm³/mol. The van der Waals surface area contributed by atoms with Crippen LogP contribution in [0.2, 0.25) is 0 Å². The normalized spacial score (nSPS) is 12.2. The fraction of sp³-hybridized carbons (Fsp3) is 0.227. The highest BCUT2D eigenvalue weighted by atomic mass is 16.5. The van der Waals surface area contributed by atoms with E-state index in [9.17, 15) is 19.5 Å². The van der Waals surface area contributed by atoms with E-state index in [0.717, 1.165) is 0 Å². The number of carboxylic acids is 1. The molecule has 3 N–H and O–H groups in total. The van der Waals surface area contributed by atoms with Crippen LogP contribution in [0.4, 0.5) is 0 Å². The van der Waals surface area contributed by atoms with Crippen LogP contribution in [0.5, 0.6) is 5.75 Å². The molecule has 2 amide bonds. The van der Waals surface area contributed by atoms with E-state index in [2.05, 4.69) is 10.6 Å². The van der Waals surface area contributed by atoms with Crippen LogP contribution in [0.3, 0.4) is 0 Å². The summed E-state index contributed by atoms with van der Waals surface area (Å²) in [6, 6.07) is 14.3. The number of ether oxygens (including phenoxy) is 1. The fourth-order valence-electron chi connectivity index (χ4n) is 2.54. The molecule has 0 unspecified atom stereocenters. The molecule has 0 heterocycles. The van der Waals surface area contributed by atoms with E-state index in [1.54, 1.807) is 62.4 Å². The Morgan fingerprint density at radius 1 is 1.00 bits per heavy atom. The summed E-state index contributed by atoms with van der Waals surface area (Å²) in [5, 5.41) is 14.4. The number of nitrogens with one attached hydrogen (secondary N) is 2. The Bertz CT molecular complexity index is 889. The van der Waals surface area contributed by atoms with Crippen molar-refractivity contribution in [3.05, 3.63) is 71.4 Å². The Hall–Kier alpha value is -3.61. The minimum atomic E-state index is -1.14. The van der Waals surface area contributed by atoms with E-state index in [-0.39, 0.29) is 11.6 Å². The Labute approximate surface area is 169 Å². The van der Waals surface area contributed by atoms with Gasteiger partial charge >= 0.3 is 5.97 Å². The van der Waals surface area contributed by atoms with Gasteiger partial charge in [-0.1, -0.05) is 44.2 Å². The SMILES string of the molecule is COc1ccc(C(=O)N/C(=C/c2ccccc2)C(=O)N[C@@H](C(=O)O)C(C)C)cc1. The number of aliphatic carboxylic acids is 1. The number of carbonyl (C=O) groups excluding carboxylic acids is 2. The first-order valence-electron chi connectivity index (χ1n) is 9.07. The van der Waals surface area contributed by atoms with Crippen LogP contribution < -0.4 is 15.4 Å². The highest BCUT2D eigenvalue weighted by molar-refractivity contribution is 6.06. The maximum absolute atomic E-state index is 12.8. The van der Waals surface area contributed by atoms with Crippen LogP contribution in [0.1, 0.15) is 29.8 Å². The van der Waals surface area contributed by atoms with Crippen molar-refractivity contribution < 1.29 is 24.2 Å². The highest BCUT2D eigenvalue weighted by Gasteiger charge is 2.25. The third kappa shape index (κ3) is 6.21. The van der Waals surface area contributed by atoms with Gasteiger partial charge in [-0.2, -0.15) is 0 Å². The monoisotopic (exact) mass is 396 g/mol. The maximum atomic E-state index is 12.8. The molecular weight excluding hydrogens is 372 g/mol. The van der Waals surface area contributed by atoms with Gasteiger partial charge in [0.25, 0.3) is 11.8 Å². The molecule has 0 bridgehead atoms. The number of amides is 2. The summed E-state index contributed by atoms with van der Waals surface area (Å²) in [5.74, 6) is -2.06. The van der Waals surface area contributed by atoms with E-state index in [1.165, 1.54) is 13.2 Å². The van der Waals surface area contributed by atoms with Crippen LogP contribution in [-0.4, -0.2) is 36.0 Å². The molecule has 0 spiro atoms. The second-order valence-electron chi connectivity index (χ2n) is 6.68. The van der Waals surface area contributed by atoms with Crippen LogP contribution in [-0.2, 0) is 9.59 Å². The van der Waals surface area contributed by atoms with E-state index in [4.69, 9.17) is 4.74 Å². The van der Waals surface area contributed by atoms with Crippen LogP contribution >= 0.6 is 0 Å². The minimum absolute atomic E-state index is 0.0519. The number of hydrogen-bond donors (Lipinski definition) is 3. The molecule has 152 valence electrons. The molecule has 7 heteroatoms. The third-order valence-corrected chi connectivity index (χ3v) is 4.17. The number of hydrogen-bond acceptors (Lipinski definition) is 4. The van der Waals surface area contributed by atoms with Gasteiger partial charge in [0, 0.05) is 5.56 Å². The first-order valence-corrected chi connectivity index (χ1v) is 9.07. The summed E-state index contributed by atoms with van der Waals surface area (Å²) in [5.41, 5.74) is 0.962. The lowest BCUT2D eigenvalue weighted by Gasteiger charge is -2.19. The van der Waals surface area contributed by atoms with Crippen molar-refractivity contribution in [1.29, 1.82) is 0 Å². The molecule has 0 aliphatic carbocycles. The summed E-state index contributed by atoms with van der Waals surface area (Å²) in [7, 11) is 1.52. The van der Waals surface area contributed by atoms with Gasteiger partial charge in [-0.05, 0) is 41.8 Å². The number of rotatable bonds is 8. The Kier molecular flexibility index (Phi) is 7.54. The summed E-state index contributed by atoms with van der Waals surface area (Å²) < 4.78 is 5.07. The summed E-state index contributed by atoms with van der Waals surface area (Å²) in [6.45, 7) is 3.38. The standard InChI is InChI=1S/C22H24N2O5/c1-14(2)19(22(27)28)24-21(26)18(13-15-7-5-4-6-8-15)23-20(25)16-9-11-17(29-3)12-10-16/h4-14,19H,1-3H3,(H,23,25)(H,24,26)(H,27,28)/b18-13+/t19-/m1/s1. The number of methoxy groups -OCH3 is 1. The molecule has 29 heavy (non-hydrogen) atoms. The quantitative estimate of drug-likeness (QED) is 0.595. The van der Waals surface area contributed by atoms with Gasteiger partial charge in [-0.3, -0.25) is 9.59 Å². The van der Waals surface area contributed by atoms with Gasteiger partial charge in [0.2, 0.25) is 0 Å². The highest BCUT2D eigenvalue weighted by Crippen LogP contribution is 2.13. The smallest absolute Gasteiger partial charge is 0.326 e. The zero-order chi connectivity index (χ0) is 21.4. The Balaban J connectivity index is 2.29. The second-order valence-corrected chi connectivity index (χ2v) is 6.68.